The molecule has 0 aromatic heterocycles. The molecule has 1 unspecified atom stereocenters. The van der Waals surface area contributed by atoms with Crippen molar-refractivity contribution in [3.8, 4) is 5.75 Å². The first-order valence-electron chi connectivity index (χ1n) is 6.20. The molecule has 1 atom stereocenters. The summed E-state index contributed by atoms with van der Waals surface area (Å²) in [6, 6.07) is 4.69. The molecular formula is C13H13ClF3NO3. The number of ether oxygens (including phenoxy) is 2. The van der Waals surface area contributed by atoms with E-state index in [4.69, 9.17) is 16.3 Å². The van der Waals surface area contributed by atoms with Crippen LogP contribution in [0.2, 0.25) is 0 Å². The number of hydrogen-bond donors (Lipinski definition) is 1. The Bertz CT molecular complexity index is 522. The fourth-order valence-corrected chi connectivity index (χ4v) is 2.07. The van der Waals surface area contributed by atoms with Crippen molar-refractivity contribution < 1.29 is 27.4 Å². The van der Waals surface area contributed by atoms with Crippen molar-refractivity contribution in [2.45, 2.75) is 11.6 Å². The minimum atomic E-state index is -4.39. The second-order valence-corrected chi connectivity index (χ2v) is 4.98. The van der Waals surface area contributed by atoms with Gasteiger partial charge in [-0.2, -0.15) is 13.2 Å². The maximum Gasteiger partial charge on any atom is 0.411 e. The molecule has 21 heavy (non-hydrogen) atoms. The maximum absolute atomic E-state index is 12.0. The van der Waals surface area contributed by atoms with E-state index in [-0.39, 0.29) is 12.5 Å². The standard InChI is InChI=1S/C13H13ClF3NO3/c14-10(6-20-7-13(15,16)17)8-1-2-11-9(5-8)12(19)18-3-4-21-11/h1-2,5,10H,3-4,6-7H2,(H,18,19). The van der Waals surface area contributed by atoms with Gasteiger partial charge in [0.1, 0.15) is 19.0 Å². The summed E-state index contributed by atoms with van der Waals surface area (Å²) >= 11 is 6.00. The van der Waals surface area contributed by atoms with Crippen LogP contribution in [-0.4, -0.2) is 38.4 Å². The second kappa shape index (κ2) is 6.53. The van der Waals surface area contributed by atoms with E-state index in [0.29, 0.717) is 30.0 Å². The van der Waals surface area contributed by atoms with Crippen molar-refractivity contribution in [1.29, 1.82) is 0 Å². The van der Waals surface area contributed by atoms with Crippen molar-refractivity contribution >= 4 is 17.5 Å². The molecule has 1 aromatic rings. The summed E-state index contributed by atoms with van der Waals surface area (Å²) in [5.74, 6) is 0.123. The Morgan fingerprint density at radius 3 is 2.90 bits per heavy atom. The molecule has 2 rings (SSSR count). The number of alkyl halides is 4. The monoisotopic (exact) mass is 323 g/mol. The van der Waals surface area contributed by atoms with Crippen molar-refractivity contribution in [1.82, 2.24) is 5.32 Å². The molecule has 1 aromatic carbocycles. The SMILES string of the molecule is O=C1NCCOc2ccc(C(Cl)COCC(F)(F)F)cc21. The molecule has 0 aliphatic carbocycles. The van der Waals surface area contributed by atoms with E-state index in [9.17, 15) is 18.0 Å². The van der Waals surface area contributed by atoms with Gasteiger partial charge >= 0.3 is 6.18 Å². The van der Waals surface area contributed by atoms with Crippen LogP contribution in [0.5, 0.6) is 5.75 Å². The van der Waals surface area contributed by atoms with E-state index < -0.39 is 18.2 Å². The number of fused-ring (bicyclic) bond motifs is 1. The molecule has 4 nitrogen and oxygen atoms in total. The molecule has 8 heteroatoms. The highest BCUT2D eigenvalue weighted by Crippen LogP contribution is 2.28. The molecule has 1 amide bonds. The van der Waals surface area contributed by atoms with Crippen LogP contribution in [0.4, 0.5) is 13.2 Å². The number of nitrogens with one attached hydrogen (secondary N) is 1. The predicted octanol–water partition coefficient (Wildman–Crippen LogP) is 2.67. The molecule has 1 aliphatic rings. The van der Waals surface area contributed by atoms with Crippen molar-refractivity contribution in [2.24, 2.45) is 0 Å². The van der Waals surface area contributed by atoms with Crippen molar-refractivity contribution in [3.63, 3.8) is 0 Å². The number of rotatable bonds is 4. The van der Waals surface area contributed by atoms with E-state index in [1.54, 1.807) is 12.1 Å². The fraction of sp³-hybridized carbons (Fsp3) is 0.462. The van der Waals surface area contributed by atoms with Gasteiger partial charge in [0.05, 0.1) is 24.1 Å². The number of amides is 1. The van der Waals surface area contributed by atoms with Gasteiger partial charge in [-0.25, -0.2) is 0 Å². The summed E-state index contributed by atoms with van der Waals surface area (Å²) in [6.45, 7) is -0.911. The van der Waals surface area contributed by atoms with Gasteiger partial charge in [-0.3, -0.25) is 4.79 Å². The van der Waals surface area contributed by atoms with Gasteiger partial charge in [0.2, 0.25) is 0 Å². The number of halogens is 4. The molecule has 0 bridgehead atoms. The maximum atomic E-state index is 12.0. The zero-order valence-corrected chi connectivity index (χ0v) is 11.6. The van der Waals surface area contributed by atoms with Gasteiger partial charge in [0.25, 0.3) is 5.91 Å². The van der Waals surface area contributed by atoms with E-state index in [1.807, 2.05) is 0 Å². The largest absolute Gasteiger partial charge is 0.491 e. The Morgan fingerprint density at radius 2 is 2.19 bits per heavy atom. The molecule has 0 fully saturated rings. The Labute approximate surface area is 124 Å². The molecule has 0 saturated carbocycles. The quantitative estimate of drug-likeness (QED) is 0.867. The molecule has 0 radical (unpaired) electrons. The third kappa shape index (κ3) is 4.50. The highest BCUT2D eigenvalue weighted by Gasteiger charge is 2.28. The molecule has 116 valence electrons. The first-order valence-corrected chi connectivity index (χ1v) is 6.64. The predicted molar refractivity (Wildman–Crippen MR) is 69.7 cm³/mol. The molecular weight excluding hydrogens is 311 g/mol. The highest BCUT2D eigenvalue weighted by atomic mass is 35.5. The lowest BCUT2D eigenvalue weighted by atomic mass is 10.1. The summed E-state index contributed by atoms with van der Waals surface area (Å²) in [4.78, 5) is 11.8. The summed E-state index contributed by atoms with van der Waals surface area (Å²) in [7, 11) is 0. The smallest absolute Gasteiger partial charge is 0.411 e. The normalized spacial score (nSPS) is 16.5. The van der Waals surface area contributed by atoms with Crippen LogP contribution in [0.25, 0.3) is 0 Å². The van der Waals surface area contributed by atoms with E-state index >= 15 is 0 Å². The summed E-state index contributed by atoms with van der Waals surface area (Å²) in [5, 5.41) is 1.86. The molecule has 1 N–H and O–H groups in total. The Hall–Kier alpha value is -1.47. The molecule has 1 aliphatic heterocycles. The molecule has 1 heterocycles. The van der Waals surface area contributed by atoms with Crippen molar-refractivity contribution in [3.05, 3.63) is 29.3 Å². The van der Waals surface area contributed by atoms with Gasteiger partial charge in [-0.15, -0.1) is 11.6 Å². The summed E-state index contributed by atoms with van der Waals surface area (Å²) in [6.07, 6.45) is -4.39. The summed E-state index contributed by atoms with van der Waals surface area (Å²) in [5.41, 5.74) is 0.810. The summed E-state index contributed by atoms with van der Waals surface area (Å²) < 4.78 is 45.9. The van der Waals surface area contributed by atoms with Gasteiger partial charge in [-0.1, -0.05) is 6.07 Å². The van der Waals surface area contributed by atoms with Crippen LogP contribution in [-0.2, 0) is 4.74 Å². The fourth-order valence-electron chi connectivity index (χ4n) is 1.84. The number of benzene rings is 1. The Balaban J connectivity index is 2.05. The van der Waals surface area contributed by atoms with E-state index in [0.717, 1.165) is 0 Å². The van der Waals surface area contributed by atoms with Crippen LogP contribution in [0.15, 0.2) is 18.2 Å². The van der Waals surface area contributed by atoms with Crippen LogP contribution >= 0.6 is 11.6 Å². The topological polar surface area (TPSA) is 47.6 Å². The Morgan fingerprint density at radius 1 is 1.43 bits per heavy atom. The van der Waals surface area contributed by atoms with Gasteiger partial charge in [-0.05, 0) is 17.7 Å². The van der Waals surface area contributed by atoms with Crippen LogP contribution < -0.4 is 10.1 Å². The molecule has 0 spiro atoms. The van der Waals surface area contributed by atoms with E-state index in [1.165, 1.54) is 6.07 Å². The average molecular weight is 324 g/mol. The first-order chi connectivity index (χ1) is 9.87. The number of carbonyl (C=O) groups excluding carboxylic acids is 1. The Kier molecular flexibility index (Phi) is 4.95. The van der Waals surface area contributed by atoms with Gasteiger partial charge in [0, 0.05) is 0 Å². The lowest BCUT2D eigenvalue weighted by molar-refractivity contribution is -0.173. The van der Waals surface area contributed by atoms with Gasteiger partial charge in [0.15, 0.2) is 0 Å². The van der Waals surface area contributed by atoms with Crippen LogP contribution in [0.3, 0.4) is 0 Å². The number of carbonyl (C=O) groups is 1. The lowest BCUT2D eigenvalue weighted by Gasteiger charge is -2.14. The third-order valence-electron chi connectivity index (χ3n) is 2.79. The zero-order chi connectivity index (χ0) is 15.5. The minimum Gasteiger partial charge on any atom is -0.491 e. The zero-order valence-electron chi connectivity index (χ0n) is 10.9. The lowest BCUT2D eigenvalue weighted by Crippen LogP contribution is -2.24. The third-order valence-corrected chi connectivity index (χ3v) is 3.16. The first kappa shape index (κ1) is 15.9. The molecule has 0 saturated heterocycles. The van der Waals surface area contributed by atoms with E-state index in [2.05, 4.69) is 10.1 Å². The minimum absolute atomic E-state index is 0.301. The van der Waals surface area contributed by atoms with Gasteiger partial charge < -0.3 is 14.8 Å². The highest BCUT2D eigenvalue weighted by molar-refractivity contribution is 6.21. The van der Waals surface area contributed by atoms with Crippen LogP contribution in [0.1, 0.15) is 21.3 Å². The number of hydrogen-bond acceptors (Lipinski definition) is 3. The van der Waals surface area contributed by atoms with Crippen LogP contribution in [0, 0.1) is 0 Å². The second-order valence-electron chi connectivity index (χ2n) is 4.46. The average Bonchev–Trinajstić information content (AvgIpc) is 2.59. The van der Waals surface area contributed by atoms with Crippen molar-refractivity contribution in [2.75, 3.05) is 26.4 Å².